The fourth-order valence-electron chi connectivity index (χ4n) is 1.24. The van der Waals surface area contributed by atoms with Gasteiger partial charge in [-0.25, -0.2) is 0 Å². The highest BCUT2D eigenvalue weighted by atomic mass is 16.6. The summed E-state index contributed by atoms with van der Waals surface area (Å²) in [6.07, 6.45) is 3.45. The van der Waals surface area contributed by atoms with Gasteiger partial charge in [-0.1, -0.05) is 6.58 Å². The maximum absolute atomic E-state index is 11.1. The Balaban J connectivity index is 1.76. The first-order valence-electron chi connectivity index (χ1n) is 5.83. The second-order valence-corrected chi connectivity index (χ2v) is 4.13. The van der Waals surface area contributed by atoms with Crippen LogP contribution < -0.4 is 5.32 Å². The number of amides is 1. The number of carbonyl (C=O) groups excluding carboxylic acids is 1. The molecular weight excluding hydrogens is 206 g/mol. The Labute approximate surface area is 97.0 Å². The maximum atomic E-state index is 11.1. The van der Waals surface area contributed by atoms with E-state index in [9.17, 15) is 4.79 Å². The Kier molecular flexibility index (Phi) is 6.11. The number of carbonyl (C=O) groups is 1. The Morgan fingerprint density at radius 3 is 2.88 bits per heavy atom. The van der Waals surface area contributed by atoms with E-state index >= 15 is 0 Å². The molecule has 16 heavy (non-hydrogen) atoms. The van der Waals surface area contributed by atoms with Crippen molar-refractivity contribution in [1.29, 1.82) is 0 Å². The van der Waals surface area contributed by atoms with Crippen molar-refractivity contribution in [2.75, 3.05) is 26.4 Å². The first kappa shape index (κ1) is 13.2. The lowest BCUT2D eigenvalue weighted by molar-refractivity contribution is -0.117. The molecule has 4 nitrogen and oxygen atoms in total. The van der Waals surface area contributed by atoms with Crippen LogP contribution in [0.4, 0.5) is 0 Å². The molecule has 1 saturated heterocycles. The van der Waals surface area contributed by atoms with Crippen LogP contribution in [0.5, 0.6) is 0 Å². The molecule has 1 unspecified atom stereocenters. The molecule has 1 amide bonds. The van der Waals surface area contributed by atoms with Gasteiger partial charge >= 0.3 is 0 Å². The van der Waals surface area contributed by atoms with Gasteiger partial charge in [-0.15, -0.1) is 0 Å². The first-order chi connectivity index (χ1) is 7.70. The fraction of sp³-hybridized carbons (Fsp3) is 0.750. The van der Waals surface area contributed by atoms with Gasteiger partial charge < -0.3 is 14.8 Å². The molecule has 1 heterocycles. The molecule has 0 aliphatic carbocycles. The molecular formula is C12H21NO3. The predicted octanol–water partition coefficient (Wildman–Crippen LogP) is 1.26. The highest BCUT2D eigenvalue weighted by Crippen LogP contribution is 2.08. The highest BCUT2D eigenvalue weighted by Gasteiger charge is 2.21. The van der Waals surface area contributed by atoms with Gasteiger partial charge in [-0.2, -0.15) is 0 Å². The standard InChI is InChI=1S/C12H21NO3/c1-10(2)12(14)13-6-4-3-5-7-15-8-11-9-16-11/h11H,1,3-9H2,2H3,(H,13,14). The van der Waals surface area contributed by atoms with E-state index in [0.717, 1.165) is 45.6 Å². The zero-order chi connectivity index (χ0) is 11.8. The van der Waals surface area contributed by atoms with Gasteiger partial charge in [-0.05, 0) is 26.2 Å². The van der Waals surface area contributed by atoms with E-state index in [1.54, 1.807) is 6.92 Å². The molecule has 92 valence electrons. The van der Waals surface area contributed by atoms with Gasteiger partial charge in [0.1, 0.15) is 6.10 Å². The second-order valence-electron chi connectivity index (χ2n) is 4.13. The summed E-state index contributed by atoms with van der Waals surface area (Å²) in [5, 5.41) is 2.80. The summed E-state index contributed by atoms with van der Waals surface area (Å²) in [6, 6.07) is 0. The van der Waals surface area contributed by atoms with Crippen LogP contribution in [0.2, 0.25) is 0 Å². The third-order valence-electron chi connectivity index (χ3n) is 2.34. The van der Waals surface area contributed by atoms with Crippen molar-refractivity contribution in [2.45, 2.75) is 32.3 Å². The lowest BCUT2D eigenvalue weighted by Crippen LogP contribution is -2.24. The van der Waals surface area contributed by atoms with Gasteiger partial charge in [-0.3, -0.25) is 4.79 Å². The normalized spacial score (nSPS) is 18.2. The van der Waals surface area contributed by atoms with Crippen LogP contribution in [0, 0.1) is 0 Å². The number of unbranched alkanes of at least 4 members (excludes halogenated alkanes) is 2. The minimum absolute atomic E-state index is 0.0536. The summed E-state index contributed by atoms with van der Waals surface area (Å²) < 4.78 is 10.4. The number of epoxide rings is 1. The number of ether oxygens (including phenoxy) is 2. The van der Waals surface area contributed by atoms with Crippen molar-refractivity contribution in [3.05, 3.63) is 12.2 Å². The SMILES string of the molecule is C=C(C)C(=O)NCCCCCOCC1CO1. The van der Waals surface area contributed by atoms with Gasteiger partial charge in [0.25, 0.3) is 0 Å². The van der Waals surface area contributed by atoms with Crippen molar-refractivity contribution < 1.29 is 14.3 Å². The van der Waals surface area contributed by atoms with Gasteiger partial charge in [0.15, 0.2) is 0 Å². The molecule has 0 bridgehead atoms. The van der Waals surface area contributed by atoms with Crippen LogP contribution in [0.3, 0.4) is 0 Å². The molecule has 4 heteroatoms. The van der Waals surface area contributed by atoms with Crippen LogP contribution >= 0.6 is 0 Å². The third-order valence-corrected chi connectivity index (χ3v) is 2.34. The minimum atomic E-state index is -0.0536. The first-order valence-corrected chi connectivity index (χ1v) is 5.83. The number of hydrogen-bond acceptors (Lipinski definition) is 3. The summed E-state index contributed by atoms with van der Waals surface area (Å²) in [5.74, 6) is -0.0536. The van der Waals surface area contributed by atoms with Crippen LogP contribution in [0.25, 0.3) is 0 Å². The van der Waals surface area contributed by atoms with Crippen molar-refractivity contribution >= 4 is 5.91 Å². The molecule has 1 aliphatic heterocycles. The molecule has 1 N–H and O–H groups in total. The monoisotopic (exact) mass is 227 g/mol. The topological polar surface area (TPSA) is 50.9 Å². The zero-order valence-electron chi connectivity index (χ0n) is 9.96. The summed E-state index contributed by atoms with van der Waals surface area (Å²) >= 11 is 0. The van der Waals surface area contributed by atoms with Gasteiger partial charge in [0.05, 0.1) is 13.2 Å². The molecule has 1 atom stereocenters. The van der Waals surface area contributed by atoms with Crippen molar-refractivity contribution in [2.24, 2.45) is 0 Å². The van der Waals surface area contributed by atoms with E-state index in [0.29, 0.717) is 11.7 Å². The Morgan fingerprint density at radius 1 is 1.50 bits per heavy atom. The lowest BCUT2D eigenvalue weighted by atomic mass is 10.2. The summed E-state index contributed by atoms with van der Waals surface area (Å²) in [7, 11) is 0. The Bertz CT molecular complexity index is 236. The molecule has 1 aliphatic rings. The van der Waals surface area contributed by atoms with E-state index in [-0.39, 0.29) is 5.91 Å². The number of rotatable bonds is 9. The summed E-state index contributed by atoms with van der Waals surface area (Å²) in [6.45, 7) is 8.37. The van der Waals surface area contributed by atoms with E-state index in [1.807, 2.05) is 0 Å². The second kappa shape index (κ2) is 7.41. The Morgan fingerprint density at radius 2 is 2.25 bits per heavy atom. The van der Waals surface area contributed by atoms with E-state index in [4.69, 9.17) is 9.47 Å². The minimum Gasteiger partial charge on any atom is -0.379 e. The van der Waals surface area contributed by atoms with Crippen molar-refractivity contribution in [1.82, 2.24) is 5.32 Å². The van der Waals surface area contributed by atoms with Crippen molar-refractivity contribution in [3.63, 3.8) is 0 Å². The average Bonchev–Trinajstić information content (AvgIpc) is 3.05. The third kappa shape index (κ3) is 6.58. The van der Waals surface area contributed by atoms with Crippen molar-refractivity contribution in [3.8, 4) is 0 Å². The van der Waals surface area contributed by atoms with Crippen LogP contribution in [0.15, 0.2) is 12.2 Å². The van der Waals surface area contributed by atoms with Gasteiger partial charge in [0, 0.05) is 18.7 Å². The molecule has 0 aromatic carbocycles. The molecule has 1 rings (SSSR count). The molecule has 0 aromatic heterocycles. The van der Waals surface area contributed by atoms with Crippen LogP contribution in [-0.2, 0) is 14.3 Å². The Hall–Kier alpha value is -0.870. The molecule has 0 aromatic rings. The highest BCUT2D eigenvalue weighted by molar-refractivity contribution is 5.91. The lowest BCUT2D eigenvalue weighted by Gasteiger charge is -2.04. The maximum Gasteiger partial charge on any atom is 0.246 e. The largest absolute Gasteiger partial charge is 0.379 e. The smallest absolute Gasteiger partial charge is 0.246 e. The van der Waals surface area contributed by atoms with E-state index < -0.39 is 0 Å². The summed E-state index contributed by atoms with van der Waals surface area (Å²) in [5.41, 5.74) is 0.563. The average molecular weight is 227 g/mol. The molecule has 1 fully saturated rings. The number of hydrogen-bond donors (Lipinski definition) is 1. The van der Waals surface area contributed by atoms with Gasteiger partial charge in [0.2, 0.25) is 5.91 Å². The van der Waals surface area contributed by atoms with Crippen LogP contribution in [-0.4, -0.2) is 38.4 Å². The summed E-state index contributed by atoms with van der Waals surface area (Å²) in [4.78, 5) is 11.1. The molecule has 0 saturated carbocycles. The number of nitrogens with one attached hydrogen (secondary N) is 1. The van der Waals surface area contributed by atoms with Crippen LogP contribution in [0.1, 0.15) is 26.2 Å². The van der Waals surface area contributed by atoms with E-state index in [2.05, 4.69) is 11.9 Å². The zero-order valence-corrected chi connectivity index (χ0v) is 9.96. The molecule has 0 radical (unpaired) electrons. The van der Waals surface area contributed by atoms with E-state index in [1.165, 1.54) is 0 Å². The predicted molar refractivity (Wildman–Crippen MR) is 62.2 cm³/mol. The fourth-order valence-corrected chi connectivity index (χ4v) is 1.24. The quantitative estimate of drug-likeness (QED) is 0.366. The molecule has 0 spiro atoms.